The molecule has 0 amide bonds. The molecule has 0 aromatic heterocycles. The summed E-state index contributed by atoms with van der Waals surface area (Å²) < 4.78 is 24.7. The van der Waals surface area contributed by atoms with Crippen LogP contribution in [0.4, 0.5) is 4.39 Å². The summed E-state index contributed by atoms with van der Waals surface area (Å²) in [7, 11) is 1.59. The van der Waals surface area contributed by atoms with Gasteiger partial charge in [0.05, 0.1) is 13.7 Å². The SMILES string of the molecule is COc1cc(C(C)=O)ccc1OCCCN1CCC(Cc2ccccc2-c2ccc(F)cc2)CC1. The average molecular weight is 476 g/mol. The number of likely N-dealkylation sites (tertiary alicyclic amines) is 1. The number of ether oxygens (including phenoxy) is 2. The lowest BCUT2D eigenvalue weighted by molar-refractivity contribution is 0.101. The van der Waals surface area contributed by atoms with Crippen LogP contribution >= 0.6 is 0 Å². The zero-order chi connectivity index (χ0) is 24.6. The van der Waals surface area contributed by atoms with Crippen molar-refractivity contribution in [1.82, 2.24) is 4.90 Å². The van der Waals surface area contributed by atoms with Crippen molar-refractivity contribution in [2.75, 3.05) is 33.4 Å². The molecule has 0 aliphatic carbocycles. The highest BCUT2D eigenvalue weighted by Crippen LogP contribution is 2.30. The van der Waals surface area contributed by atoms with Gasteiger partial charge in [0.25, 0.3) is 0 Å². The van der Waals surface area contributed by atoms with Crippen molar-refractivity contribution in [2.45, 2.75) is 32.6 Å². The highest BCUT2D eigenvalue weighted by molar-refractivity contribution is 5.94. The third-order valence-corrected chi connectivity index (χ3v) is 6.83. The van der Waals surface area contributed by atoms with Gasteiger partial charge in [0.15, 0.2) is 17.3 Å². The van der Waals surface area contributed by atoms with E-state index in [4.69, 9.17) is 9.47 Å². The highest BCUT2D eigenvalue weighted by atomic mass is 19.1. The van der Waals surface area contributed by atoms with Crippen LogP contribution in [0.1, 0.15) is 42.1 Å². The Bertz CT molecular complexity index is 1120. The Kier molecular flexibility index (Phi) is 8.54. The van der Waals surface area contributed by atoms with Gasteiger partial charge >= 0.3 is 0 Å². The smallest absolute Gasteiger partial charge is 0.161 e. The molecule has 5 heteroatoms. The normalized spacial score (nSPS) is 14.6. The maximum atomic E-state index is 13.4. The van der Waals surface area contributed by atoms with E-state index in [1.165, 1.54) is 36.1 Å². The van der Waals surface area contributed by atoms with Crippen LogP contribution in [0.3, 0.4) is 0 Å². The monoisotopic (exact) mass is 475 g/mol. The van der Waals surface area contributed by atoms with Gasteiger partial charge in [0.1, 0.15) is 5.82 Å². The Morgan fingerprint density at radius 2 is 1.74 bits per heavy atom. The van der Waals surface area contributed by atoms with Crippen molar-refractivity contribution in [2.24, 2.45) is 5.92 Å². The largest absolute Gasteiger partial charge is 0.493 e. The zero-order valence-corrected chi connectivity index (χ0v) is 20.6. The lowest BCUT2D eigenvalue weighted by Gasteiger charge is -2.32. The quantitative estimate of drug-likeness (QED) is 0.250. The number of piperidine rings is 1. The van der Waals surface area contributed by atoms with Gasteiger partial charge in [-0.3, -0.25) is 4.79 Å². The molecule has 4 rings (SSSR count). The van der Waals surface area contributed by atoms with E-state index in [0.29, 0.717) is 29.6 Å². The molecular weight excluding hydrogens is 441 g/mol. The molecule has 1 fully saturated rings. The molecule has 3 aromatic carbocycles. The number of halogens is 1. The molecule has 1 aliphatic rings. The fourth-order valence-corrected chi connectivity index (χ4v) is 4.81. The summed E-state index contributed by atoms with van der Waals surface area (Å²) in [5.41, 5.74) is 4.25. The third-order valence-electron chi connectivity index (χ3n) is 6.83. The van der Waals surface area contributed by atoms with Crippen LogP contribution in [0.15, 0.2) is 66.7 Å². The van der Waals surface area contributed by atoms with Crippen molar-refractivity contribution in [1.29, 1.82) is 0 Å². The molecule has 3 aromatic rings. The van der Waals surface area contributed by atoms with Crippen LogP contribution in [-0.4, -0.2) is 44.0 Å². The summed E-state index contributed by atoms with van der Waals surface area (Å²) in [6, 6.07) is 20.6. The Morgan fingerprint density at radius 3 is 2.46 bits per heavy atom. The van der Waals surface area contributed by atoms with Gasteiger partial charge in [-0.1, -0.05) is 36.4 Å². The molecule has 1 heterocycles. The number of ketones is 1. The Morgan fingerprint density at radius 1 is 1.00 bits per heavy atom. The van der Waals surface area contributed by atoms with E-state index in [1.54, 1.807) is 26.2 Å². The van der Waals surface area contributed by atoms with Crippen molar-refractivity contribution >= 4 is 5.78 Å². The molecule has 0 N–H and O–H groups in total. The fourth-order valence-electron chi connectivity index (χ4n) is 4.81. The first-order chi connectivity index (χ1) is 17.0. The molecule has 0 spiro atoms. The van der Waals surface area contributed by atoms with Crippen molar-refractivity contribution in [3.63, 3.8) is 0 Å². The first-order valence-electron chi connectivity index (χ1n) is 12.4. The van der Waals surface area contributed by atoms with Crippen LogP contribution in [0.2, 0.25) is 0 Å². The van der Waals surface area contributed by atoms with E-state index in [1.807, 2.05) is 18.2 Å². The van der Waals surface area contributed by atoms with Crippen LogP contribution in [0.25, 0.3) is 11.1 Å². The predicted octanol–water partition coefficient (Wildman–Crippen LogP) is 6.43. The molecule has 0 bridgehead atoms. The van der Waals surface area contributed by atoms with Gasteiger partial charge in [-0.2, -0.15) is 0 Å². The molecule has 0 atom stereocenters. The standard InChI is InChI=1S/C30H34FNO3/c1-22(33)25-10-13-29(30(21-25)34-2)35-19-5-16-32-17-14-23(15-18-32)20-26-6-3-4-7-28(26)24-8-11-27(31)12-9-24/h3-4,6-13,21,23H,5,14-20H2,1-2H3. The van der Waals surface area contributed by atoms with Crippen LogP contribution in [-0.2, 0) is 6.42 Å². The maximum absolute atomic E-state index is 13.4. The van der Waals surface area contributed by atoms with Crippen LogP contribution in [0, 0.1) is 11.7 Å². The van der Waals surface area contributed by atoms with Crippen molar-refractivity contribution in [3.8, 4) is 22.6 Å². The number of hydrogen-bond donors (Lipinski definition) is 0. The van der Waals surface area contributed by atoms with E-state index in [9.17, 15) is 9.18 Å². The molecule has 0 radical (unpaired) electrons. The number of benzene rings is 3. The van der Waals surface area contributed by atoms with Crippen molar-refractivity contribution in [3.05, 3.63) is 83.7 Å². The third kappa shape index (κ3) is 6.70. The predicted molar refractivity (Wildman–Crippen MR) is 138 cm³/mol. The highest BCUT2D eigenvalue weighted by Gasteiger charge is 2.20. The first-order valence-corrected chi connectivity index (χ1v) is 12.4. The first kappa shape index (κ1) is 24.9. The number of rotatable bonds is 10. The summed E-state index contributed by atoms with van der Waals surface area (Å²) in [4.78, 5) is 14.1. The second-order valence-electron chi connectivity index (χ2n) is 9.28. The topological polar surface area (TPSA) is 38.8 Å². The van der Waals surface area contributed by atoms with Gasteiger partial charge in [-0.05, 0) is 98.6 Å². The van der Waals surface area contributed by atoms with E-state index < -0.39 is 0 Å². The van der Waals surface area contributed by atoms with Gasteiger partial charge in [0, 0.05) is 12.1 Å². The lowest BCUT2D eigenvalue weighted by atomic mass is 9.87. The Hall–Kier alpha value is -3.18. The molecule has 1 saturated heterocycles. The molecule has 0 unspecified atom stereocenters. The average Bonchev–Trinajstić information content (AvgIpc) is 2.88. The summed E-state index contributed by atoms with van der Waals surface area (Å²) in [5.74, 6) is 1.75. The van der Waals surface area contributed by atoms with Crippen LogP contribution in [0.5, 0.6) is 11.5 Å². The van der Waals surface area contributed by atoms with Gasteiger partial charge < -0.3 is 14.4 Å². The summed E-state index contributed by atoms with van der Waals surface area (Å²) in [6.07, 6.45) is 4.36. The number of carbonyl (C=O) groups excluding carboxylic acids is 1. The van der Waals surface area contributed by atoms with Gasteiger partial charge in [-0.25, -0.2) is 4.39 Å². The summed E-state index contributed by atoms with van der Waals surface area (Å²) in [5, 5.41) is 0. The lowest BCUT2D eigenvalue weighted by Crippen LogP contribution is -2.35. The number of hydrogen-bond acceptors (Lipinski definition) is 4. The molecule has 1 aliphatic heterocycles. The maximum Gasteiger partial charge on any atom is 0.161 e. The minimum atomic E-state index is -0.200. The van der Waals surface area contributed by atoms with E-state index in [-0.39, 0.29) is 11.6 Å². The Balaban J connectivity index is 1.23. The molecule has 4 nitrogen and oxygen atoms in total. The second kappa shape index (κ2) is 12.0. The number of nitrogens with zero attached hydrogens (tertiary/aromatic N) is 1. The number of carbonyl (C=O) groups is 1. The minimum Gasteiger partial charge on any atom is -0.493 e. The van der Waals surface area contributed by atoms with Crippen molar-refractivity contribution < 1.29 is 18.7 Å². The molecular formula is C30H34FNO3. The number of methoxy groups -OCH3 is 1. The number of Topliss-reactive ketones (excluding diaryl/α,β-unsaturated/α-hetero) is 1. The molecule has 0 saturated carbocycles. The van der Waals surface area contributed by atoms with Crippen LogP contribution < -0.4 is 9.47 Å². The Labute approximate surface area is 207 Å². The van der Waals surface area contributed by atoms with E-state index in [2.05, 4.69) is 29.2 Å². The summed E-state index contributed by atoms with van der Waals surface area (Å²) >= 11 is 0. The second-order valence-corrected chi connectivity index (χ2v) is 9.28. The minimum absolute atomic E-state index is 0.0113. The van der Waals surface area contributed by atoms with Gasteiger partial charge in [-0.15, -0.1) is 0 Å². The zero-order valence-electron chi connectivity index (χ0n) is 20.6. The molecule has 184 valence electrons. The fraction of sp³-hybridized carbons (Fsp3) is 0.367. The van der Waals surface area contributed by atoms with E-state index in [0.717, 1.165) is 38.0 Å². The summed E-state index contributed by atoms with van der Waals surface area (Å²) in [6.45, 7) is 5.36. The van der Waals surface area contributed by atoms with Gasteiger partial charge in [0.2, 0.25) is 0 Å². The molecule has 35 heavy (non-hydrogen) atoms. The van der Waals surface area contributed by atoms with E-state index >= 15 is 0 Å².